The highest BCUT2D eigenvalue weighted by atomic mass is 19.1. The summed E-state index contributed by atoms with van der Waals surface area (Å²) in [5.41, 5.74) is 7.84. The minimum atomic E-state index is -0.525. The average molecular weight is 515 g/mol. The molecule has 0 amide bonds. The Morgan fingerprint density at radius 3 is 2.58 bits per heavy atom. The third-order valence-electron chi connectivity index (χ3n) is 8.78. The molecule has 2 aliphatic heterocycles. The number of nitrogens with zero attached hydrogens (tertiary/aromatic N) is 4. The molecule has 200 valence electrons. The van der Waals surface area contributed by atoms with Gasteiger partial charge in [0.25, 0.3) is 0 Å². The van der Waals surface area contributed by atoms with Crippen LogP contribution in [-0.2, 0) is 24.4 Å². The predicted octanol–water partition coefficient (Wildman–Crippen LogP) is 6.61. The Kier molecular flexibility index (Phi) is 6.63. The molecule has 6 rings (SSSR count). The van der Waals surface area contributed by atoms with Gasteiger partial charge in [-0.05, 0) is 54.9 Å². The van der Waals surface area contributed by atoms with Crippen LogP contribution in [-0.4, -0.2) is 42.8 Å². The number of fused-ring (bicyclic) bond motifs is 1. The average Bonchev–Trinajstić information content (AvgIpc) is 3.77. The summed E-state index contributed by atoms with van der Waals surface area (Å²) < 4.78 is 19.8. The molecule has 0 N–H and O–H groups in total. The van der Waals surface area contributed by atoms with E-state index in [1.165, 1.54) is 35.2 Å². The first kappa shape index (κ1) is 25.3. The Hall–Kier alpha value is -2.99. The third kappa shape index (κ3) is 4.68. The number of anilines is 2. The Bertz CT molecular complexity index is 1340. The van der Waals surface area contributed by atoms with E-state index in [2.05, 4.69) is 48.8 Å². The maximum atomic E-state index is 13.9. The molecular weight excluding hydrogens is 475 g/mol. The van der Waals surface area contributed by atoms with Crippen molar-refractivity contribution in [3.63, 3.8) is 0 Å². The van der Waals surface area contributed by atoms with E-state index in [0.29, 0.717) is 11.4 Å². The van der Waals surface area contributed by atoms with E-state index in [1.54, 1.807) is 0 Å². The van der Waals surface area contributed by atoms with Crippen molar-refractivity contribution < 1.29 is 9.13 Å². The molecule has 0 radical (unpaired) electrons. The summed E-state index contributed by atoms with van der Waals surface area (Å²) in [5.74, 6) is 2.37. The SMILES string of the molecule is CO[C@H]1CCN(c2nc(-c3ccccc3CF)nc3c2CN(c2cc(C4CC4)ccc2C)CC3)CC1(C)C. The maximum Gasteiger partial charge on any atom is 0.162 e. The molecule has 1 aromatic heterocycles. The first-order valence-electron chi connectivity index (χ1n) is 14.0. The fourth-order valence-corrected chi connectivity index (χ4v) is 6.43. The highest BCUT2D eigenvalue weighted by molar-refractivity contribution is 5.66. The summed E-state index contributed by atoms with van der Waals surface area (Å²) >= 11 is 0. The van der Waals surface area contributed by atoms with Crippen LogP contribution in [0.15, 0.2) is 42.5 Å². The lowest BCUT2D eigenvalue weighted by Crippen LogP contribution is -2.50. The van der Waals surface area contributed by atoms with Crippen molar-refractivity contribution >= 4 is 11.5 Å². The first-order valence-corrected chi connectivity index (χ1v) is 14.0. The van der Waals surface area contributed by atoms with Crippen molar-refractivity contribution in [2.24, 2.45) is 5.41 Å². The molecule has 3 aliphatic rings. The van der Waals surface area contributed by atoms with Gasteiger partial charge in [0, 0.05) is 61.9 Å². The number of alkyl halides is 1. The molecular formula is C32H39FN4O. The second kappa shape index (κ2) is 9.96. The number of ether oxygens (including phenoxy) is 1. The predicted molar refractivity (Wildman–Crippen MR) is 152 cm³/mol. The van der Waals surface area contributed by atoms with E-state index >= 15 is 0 Å². The first-order chi connectivity index (χ1) is 18.4. The molecule has 0 bridgehead atoms. The van der Waals surface area contributed by atoms with E-state index in [4.69, 9.17) is 14.7 Å². The maximum absolute atomic E-state index is 13.9. The standard InChI is InChI=1S/C32H39FN4O/c1-21-9-10-23(22-11-12-22)17-28(21)36-15-13-27-26(19-36)31(37-16-14-29(38-4)32(2,3)20-37)35-30(34-27)25-8-6-5-7-24(25)18-33/h5-10,17,22,29H,11-16,18-20H2,1-4H3/t29-/m0/s1. The number of piperidine rings is 1. The molecule has 6 heteroatoms. The minimum absolute atomic E-state index is 0.00855. The smallest absolute Gasteiger partial charge is 0.162 e. The zero-order chi connectivity index (χ0) is 26.4. The molecule has 1 saturated carbocycles. The number of methoxy groups -OCH3 is 1. The number of aromatic nitrogens is 2. The van der Waals surface area contributed by atoms with Gasteiger partial charge in [0.15, 0.2) is 5.82 Å². The molecule has 2 aromatic carbocycles. The zero-order valence-electron chi connectivity index (χ0n) is 23.1. The van der Waals surface area contributed by atoms with Gasteiger partial charge in [-0.25, -0.2) is 14.4 Å². The van der Waals surface area contributed by atoms with E-state index in [9.17, 15) is 4.39 Å². The van der Waals surface area contributed by atoms with Gasteiger partial charge in [-0.1, -0.05) is 50.2 Å². The molecule has 38 heavy (non-hydrogen) atoms. The van der Waals surface area contributed by atoms with Crippen LogP contribution < -0.4 is 9.80 Å². The Balaban J connectivity index is 1.42. The van der Waals surface area contributed by atoms with Gasteiger partial charge in [-0.15, -0.1) is 0 Å². The Morgan fingerprint density at radius 2 is 1.84 bits per heavy atom. The van der Waals surface area contributed by atoms with Crippen molar-refractivity contribution in [3.8, 4) is 11.4 Å². The van der Waals surface area contributed by atoms with Crippen LogP contribution in [0, 0.1) is 12.3 Å². The van der Waals surface area contributed by atoms with Crippen LogP contribution >= 0.6 is 0 Å². The molecule has 1 aliphatic carbocycles. The van der Waals surface area contributed by atoms with E-state index < -0.39 is 6.67 Å². The lowest BCUT2D eigenvalue weighted by Gasteiger charge is -2.45. The van der Waals surface area contributed by atoms with Crippen molar-refractivity contribution in [2.45, 2.75) is 71.7 Å². The van der Waals surface area contributed by atoms with Gasteiger partial charge < -0.3 is 14.5 Å². The summed E-state index contributed by atoms with van der Waals surface area (Å²) in [6.07, 6.45) is 4.62. The van der Waals surface area contributed by atoms with Gasteiger partial charge in [-0.2, -0.15) is 0 Å². The van der Waals surface area contributed by atoms with Gasteiger partial charge >= 0.3 is 0 Å². The second-order valence-electron chi connectivity index (χ2n) is 12.0. The summed E-state index contributed by atoms with van der Waals surface area (Å²) in [5, 5.41) is 0. The number of hydrogen-bond acceptors (Lipinski definition) is 5. The van der Waals surface area contributed by atoms with Gasteiger partial charge in [0.1, 0.15) is 12.5 Å². The number of rotatable bonds is 6. The molecule has 1 saturated heterocycles. The lowest BCUT2D eigenvalue weighted by atomic mass is 9.81. The topological polar surface area (TPSA) is 41.5 Å². The fraction of sp³-hybridized carbons (Fsp3) is 0.500. The molecule has 3 aromatic rings. The molecule has 0 spiro atoms. The van der Waals surface area contributed by atoms with Crippen LogP contribution in [0.5, 0.6) is 0 Å². The zero-order valence-corrected chi connectivity index (χ0v) is 23.1. The van der Waals surface area contributed by atoms with Crippen molar-refractivity contribution in [2.75, 3.05) is 36.5 Å². The molecule has 3 heterocycles. The van der Waals surface area contributed by atoms with Gasteiger partial charge in [-0.3, -0.25) is 0 Å². The van der Waals surface area contributed by atoms with E-state index in [0.717, 1.165) is 62.0 Å². The lowest BCUT2D eigenvalue weighted by molar-refractivity contribution is -0.00647. The normalized spacial score (nSPS) is 20.9. The number of halogens is 1. The van der Waals surface area contributed by atoms with Gasteiger partial charge in [0.2, 0.25) is 0 Å². The minimum Gasteiger partial charge on any atom is -0.381 e. The monoisotopic (exact) mass is 514 g/mol. The second-order valence-corrected chi connectivity index (χ2v) is 12.0. The largest absolute Gasteiger partial charge is 0.381 e. The van der Waals surface area contributed by atoms with E-state index in [-0.39, 0.29) is 11.5 Å². The van der Waals surface area contributed by atoms with Crippen LogP contribution in [0.2, 0.25) is 0 Å². The fourth-order valence-electron chi connectivity index (χ4n) is 6.43. The molecule has 5 nitrogen and oxygen atoms in total. The molecule has 0 unspecified atom stereocenters. The summed E-state index contributed by atoms with van der Waals surface area (Å²) in [6, 6.07) is 14.6. The summed E-state index contributed by atoms with van der Waals surface area (Å²) in [4.78, 5) is 15.2. The molecule has 1 atom stereocenters. The van der Waals surface area contributed by atoms with Gasteiger partial charge in [0.05, 0.1) is 11.8 Å². The van der Waals surface area contributed by atoms with Crippen molar-refractivity contribution in [1.82, 2.24) is 9.97 Å². The number of hydrogen-bond donors (Lipinski definition) is 0. The quantitative estimate of drug-likeness (QED) is 0.370. The highest BCUT2D eigenvalue weighted by Gasteiger charge is 2.38. The Labute approximate surface area is 226 Å². The van der Waals surface area contributed by atoms with Crippen LogP contribution in [0.4, 0.5) is 15.9 Å². The van der Waals surface area contributed by atoms with Crippen LogP contribution in [0.1, 0.15) is 67.0 Å². The van der Waals surface area contributed by atoms with Crippen molar-refractivity contribution in [1.29, 1.82) is 0 Å². The number of benzene rings is 2. The molecule has 2 fully saturated rings. The highest BCUT2D eigenvalue weighted by Crippen LogP contribution is 2.43. The number of aryl methyl sites for hydroxylation is 1. The summed E-state index contributed by atoms with van der Waals surface area (Å²) in [7, 11) is 1.82. The van der Waals surface area contributed by atoms with E-state index in [1.807, 2.05) is 31.4 Å². The van der Waals surface area contributed by atoms with Crippen LogP contribution in [0.25, 0.3) is 11.4 Å². The van der Waals surface area contributed by atoms with Crippen LogP contribution in [0.3, 0.4) is 0 Å². The Morgan fingerprint density at radius 1 is 1.03 bits per heavy atom. The summed E-state index contributed by atoms with van der Waals surface area (Å²) in [6.45, 7) is 9.69. The third-order valence-corrected chi connectivity index (χ3v) is 8.78. The van der Waals surface area contributed by atoms with Crippen molar-refractivity contribution in [3.05, 3.63) is 70.4 Å².